The zero-order valence-corrected chi connectivity index (χ0v) is 11.1. The van der Waals surface area contributed by atoms with E-state index in [1.807, 2.05) is 41.8 Å². The van der Waals surface area contributed by atoms with Crippen molar-refractivity contribution in [3.05, 3.63) is 58.9 Å². The molecule has 1 unspecified atom stereocenters. The molecule has 0 saturated carbocycles. The molecule has 0 aliphatic carbocycles. The molecule has 19 heavy (non-hydrogen) atoms. The molecule has 3 aromatic rings. The maximum absolute atomic E-state index is 5.96. The molecular weight excluding hydrogens is 256 g/mol. The van der Waals surface area contributed by atoms with Crippen molar-refractivity contribution < 1.29 is 4.74 Å². The highest BCUT2D eigenvalue weighted by Gasteiger charge is 2.12. The number of nitrogens with zero attached hydrogens (tertiary/aromatic N) is 1. The van der Waals surface area contributed by atoms with E-state index in [1.54, 1.807) is 17.5 Å². The number of hydrogen-bond donors (Lipinski definition) is 1. The lowest BCUT2D eigenvalue weighted by molar-refractivity contribution is 0.215. The zero-order valence-electron chi connectivity index (χ0n) is 10.3. The number of thiophene rings is 1. The fourth-order valence-electron chi connectivity index (χ4n) is 1.99. The third-order valence-corrected chi connectivity index (χ3v) is 3.69. The van der Waals surface area contributed by atoms with Crippen LogP contribution in [0.3, 0.4) is 0 Å². The second kappa shape index (κ2) is 5.38. The van der Waals surface area contributed by atoms with Crippen molar-refractivity contribution in [1.82, 2.24) is 4.98 Å². The summed E-state index contributed by atoms with van der Waals surface area (Å²) in [7, 11) is 0. The maximum Gasteiger partial charge on any atom is 0.137 e. The standard InChI is InChI=1S/C15H14N2OS/c16-9-15(12-5-7-19-10-12)18-13-4-3-11-2-1-6-17-14(11)8-13/h1-8,10,15H,9,16H2. The van der Waals surface area contributed by atoms with E-state index in [4.69, 9.17) is 10.5 Å². The quantitative estimate of drug-likeness (QED) is 0.790. The van der Waals surface area contributed by atoms with Gasteiger partial charge in [0.15, 0.2) is 0 Å². The summed E-state index contributed by atoms with van der Waals surface area (Å²) in [6, 6.07) is 11.9. The number of rotatable bonds is 4. The van der Waals surface area contributed by atoms with Gasteiger partial charge in [0, 0.05) is 29.8 Å². The molecule has 1 atom stereocenters. The Morgan fingerprint density at radius 2 is 2.21 bits per heavy atom. The Bertz CT molecular complexity index is 667. The number of pyridine rings is 1. The number of nitrogens with two attached hydrogens (primary N) is 1. The molecule has 2 heterocycles. The van der Waals surface area contributed by atoms with Crippen LogP contribution in [0.2, 0.25) is 0 Å². The van der Waals surface area contributed by atoms with E-state index in [0.717, 1.165) is 22.2 Å². The summed E-state index contributed by atoms with van der Waals surface area (Å²) >= 11 is 1.65. The molecule has 0 bridgehead atoms. The van der Waals surface area contributed by atoms with Crippen molar-refractivity contribution in [3.8, 4) is 5.75 Å². The highest BCUT2D eigenvalue weighted by molar-refractivity contribution is 7.07. The first-order valence-corrected chi connectivity index (χ1v) is 7.05. The molecule has 0 amide bonds. The van der Waals surface area contributed by atoms with Crippen LogP contribution in [0.25, 0.3) is 10.9 Å². The molecule has 0 radical (unpaired) electrons. The van der Waals surface area contributed by atoms with E-state index in [0.29, 0.717) is 6.54 Å². The van der Waals surface area contributed by atoms with Crippen LogP contribution in [0.5, 0.6) is 5.75 Å². The number of ether oxygens (including phenoxy) is 1. The van der Waals surface area contributed by atoms with E-state index in [2.05, 4.69) is 10.4 Å². The summed E-state index contributed by atoms with van der Waals surface area (Å²) in [5.74, 6) is 0.799. The van der Waals surface area contributed by atoms with E-state index in [1.165, 1.54) is 0 Å². The van der Waals surface area contributed by atoms with Gasteiger partial charge in [0.25, 0.3) is 0 Å². The summed E-state index contributed by atoms with van der Waals surface area (Å²) in [6.45, 7) is 0.455. The van der Waals surface area contributed by atoms with Gasteiger partial charge in [-0.15, -0.1) is 0 Å². The Hall–Kier alpha value is -1.91. The predicted molar refractivity (Wildman–Crippen MR) is 78.5 cm³/mol. The zero-order chi connectivity index (χ0) is 13.1. The van der Waals surface area contributed by atoms with Crippen LogP contribution in [0.1, 0.15) is 11.7 Å². The minimum atomic E-state index is -0.104. The van der Waals surface area contributed by atoms with Crippen LogP contribution in [-0.2, 0) is 0 Å². The molecule has 96 valence electrons. The predicted octanol–water partition coefficient (Wildman–Crippen LogP) is 3.38. The third-order valence-electron chi connectivity index (χ3n) is 2.98. The average Bonchev–Trinajstić information content (AvgIpc) is 2.98. The van der Waals surface area contributed by atoms with Crippen molar-refractivity contribution in [2.75, 3.05) is 6.54 Å². The minimum absolute atomic E-state index is 0.104. The van der Waals surface area contributed by atoms with Crippen molar-refractivity contribution in [2.24, 2.45) is 5.73 Å². The third kappa shape index (κ3) is 2.59. The lowest BCUT2D eigenvalue weighted by Crippen LogP contribution is -2.17. The molecule has 0 aliphatic rings. The summed E-state index contributed by atoms with van der Waals surface area (Å²) in [4.78, 5) is 4.33. The van der Waals surface area contributed by atoms with Gasteiger partial charge in [-0.05, 0) is 35.0 Å². The van der Waals surface area contributed by atoms with Crippen LogP contribution in [-0.4, -0.2) is 11.5 Å². The first-order valence-electron chi connectivity index (χ1n) is 6.10. The SMILES string of the molecule is NCC(Oc1ccc2cccnc2c1)c1ccsc1. The number of aromatic nitrogens is 1. The molecule has 3 rings (SSSR count). The fourth-order valence-corrected chi connectivity index (χ4v) is 2.70. The first kappa shape index (κ1) is 12.1. The normalized spacial score (nSPS) is 12.5. The molecule has 2 N–H and O–H groups in total. The molecule has 1 aromatic carbocycles. The molecule has 0 aliphatic heterocycles. The Labute approximate surface area is 115 Å². The van der Waals surface area contributed by atoms with Crippen LogP contribution in [0.15, 0.2) is 53.4 Å². The molecular formula is C15H14N2OS. The van der Waals surface area contributed by atoms with E-state index in [9.17, 15) is 0 Å². The van der Waals surface area contributed by atoms with Crippen molar-refractivity contribution in [3.63, 3.8) is 0 Å². The van der Waals surface area contributed by atoms with E-state index >= 15 is 0 Å². The van der Waals surface area contributed by atoms with Crippen LogP contribution < -0.4 is 10.5 Å². The summed E-state index contributed by atoms with van der Waals surface area (Å²) in [5, 5.41) is 5.20. The van der Waals surface area contributed by atoms with E-state index in [-0.39, 0.29) is 6.10 Å². The molecule has 0 saturated heterocycles. The molecule has 4 heteroatoms. The van der Waals surface area contributed by atoms with Gasteiger partial charge in [-0.25, -0.2) is 0 Å². The summed E-state index contributed by atoms with van der Waals surface area (Å²) in [6.07, 6.45) is 1.68. The Kier molecular flexibility index (Phi) is 3.44. The summed E-state index contributed by atoms with van der Waals surface area (Å²) < 4.78 is 5.96. The lowest BCUT2D eigenvalue weighted by Gasteiger charge is -2.16. The van der Waals surface area contributed by atoms with Crippen molar-refractivity contribution in [1.29, 1.82) is 0 Å². The van der Waals surface area contributed by atoms with Gasteiger partial charge >= 0.3 is 0 Å². The van der Waals surface area contributed by atoms with Crippen LogP contribution >= 0.6 is 11.3 Å². The fraction of sp³-hybridized carbons (Fsp3) is 0.133. The number of fused-ring (bicyclic) bond motifs is 1. The van der Waals surface area contributed by atoms with Gasteiger partial charge in [-0.1, -0.05) is 6.07 Å². The van der Waals surface area contributed by atoms with Crippen LogP contribution in [0, 0.1) is 0 Å². The van der Waals surface area contributed by atoms with Crippen molar-refractivity contribution >= 4 is 22.2 Å². The topological polar surface area (TPSA) is 48.1 Å². The average molecular weight is 270 g/mol. The Morgan fingerprint density at radius 3 is 3.00 bits per heavy atom. The second-order valence-corrected chi connectivity index (χ2v) is 5.04. The second-order valence-electron chi connectivity index (χ2n) is 4.26. The van der Waals surface area contributed by atoms with E-state index < -0.39 is 0 Å². The number of benzene rings is 1. The Balaban J connectivity index is 1.88. The Morgan fingerprint density at radius 1 is 1.26 bits per heavy atom. The molecule has 0 fully saturated rings. The highest BCUT2D eigenvalue weighted by atomic mass is 32.1. The number of hydrogen-bond acceptors (Lipinski definition) is 4. The van der Waals surface area contributed by atoms with Gasteiger partial charge in [0.1, 0.15) is 11.9 Å². The smallest absolute Gasteiger partial charge is 0.137 e. The largest absolute Gasteiger partial charge is 0.484 e. The van der Waals surface area contributed by atoms with Gasteiger partial charge < -0.3 is 10.5 Å². The summed E-state index contributed by atoms with van der Waals surface area (Å²) in [5.41, 5.74) is 7.84. The highest BCUT2D eigenvalue weighted by Crippen LogP contribution is 2.25. The molecule has 3 nitrogen and oxygen atoms in total. The lowest BCUT2D eigenvalue weighted by atomic mass is 10.2. The minimum Gasteiger partial charge on any atom is -0.484 e. The van der Waals surface area contributed by atoms with Gasteiger partial charge in [-0.2, -0.15) is 11.3 Å². The maximum atomic E-state index is 5.96. The molecule has 2 aromatic heterocycles. The monoisotopic (exact) mass is 270 g/mol. The van der Waals surface area contributed by atoms with Gasteiger partial charge in [0.2, 0.25) is 0 Å². The van der Waals surface area contributed by atoms with Crippen molar-refractivity contribution in [2.45, 2.75) is 6.10 Å². The van der Waals surface area contributed by atoms with Gasteiger partial charge in [-0.3, -0.25) is 4.98 Å². The van der Waals surface area contributed by atoms with Gasteiger partial charge in [0.05, 0.1) is 5.52 Å². The van der Waals surface area contributed by atoms with Crippen LogP contribution in [0.4, 0.5) is 0 Å². The first-order chi connectivity index (χ1) is 9.36. The molecule has 0 spiro atoms.